The van der Waals surface area contributed by atoms with Crippen LogP contribution < -0.4 is 9.46 Å². The Bertz CT molecular complexity index is 963. The van der Waals surface area contributed by atoms with Gasteiger partial charge in [-0.25, -0.2) is 13.1 Å². The van der Waals surface area contributed by atoms with Gasteiger partial charge in [0.05, 0.1) is 6.61 Å². The molecule has 7 nitrogen and oxygen atoms in total. The van der Waals surface area contributed by atoms with E-state index in [1.807, 2.05) is 24.3 Å². The third kappa shape index (κ3) is 3.31. The summed E-state index contributed by atoms with van der Waals surface area (Å²) < 4.78 is 38.6. The van der Waals surface area contributed by atoms with Crippen molar-refractivity contribution in [3.8, 4) is 17.2 Å². The van der Waals surface area contributed by atoms with Crippen LogP contribution in [0.25, 0.3) is 11.5 Å². The lowest BCUT2D eigenvalue weighted by Crippen LogP contribution is -2.34. The molecule has 0 spiro atoms. The number of rotatable bonds is 5. The van der Waals surface area contributed by atoms with Gasteiger partial charge in [-0.2, -0.15) is 5.10 Å². The highest BCUT2D eigenvalue weighted by molar-refractivity contribution is 7.89. The summed E-state index contributed by atoms with van der Waals surface area (Å²) in [7, 11) is -3.71. The molecule has 8 heteroatoms. The van der Waals surface area contributed by atoms with Gasteiger partial charge < -0.3 is 9.15 Å². The number of benzene rings is 1. The summed E-state index contributed by atoms with van der Waals surface area (Å²) in [6, 6.07) is 12.5. The standard InChI is InChI=1S/C17H17N3O4S/c21-25(22,17-6-5-16(24-17)14-7-8-18-20-14)19-10-12-9-13-3-1-2-4-15(13)23-11-12/h1-8,12,19H,9-11H2,(H,18,20). The number of nitrogens with one attached hydrogen (secondary N) is 2. The van der Waals surface area contributed by atoms with E-state index in [4.69, 9.17) is 9.15 Å². The summed E-state index contributed by atoms with van der Waals surface area (Å²) in [6.45, 7) is 0.772. The Morgan fingerprint density at radius 1 is 1.20 bits per heavy atom. The maximum atomic E-state index is 12.4. The van der Waals surface area contributed by atoms with Crippen molar-refractivity contribution in [2.45, 2.75) is 11.5 Å². The second-order valence-electron chi connectivity index (χ2n) is 5.93. The Morgan fingerprint density at radius 3 is 2.92 bits per heavy atom. The van der Waals surface area contributed by atoms with E-state index in [0.717, 1.165) is 17.7 Å². The molecule has 1 aliphatic heterocycles. The minimum absolute atomic E-state index is 0.0757. The molecule has 3 heterocycles. The number of sulfonamides is 1. The topological polar surface area (TPSA) is 97.2 Å². The molecule has 1 aliphatic rings. The quantitative estimate of drug-likeness (QED) is 0.728. The lowest BCUT2D eigenvalue weighted by Gasteiger charge is -2.25. The van der Waals surface area contributed by atoms with Crippen molar-refractivity contribution in [3.63, 3.8) is 0 Å². The molecule has 1 aromatic carbocycles. The predicted molar refractivity (Wildman–Crippen MR) is 90.6 cm³/mol. The van der Waals surface area contributed by atoms with E-state index in [1.165, 1.54) is 6.07 Å². The molecule has 0 aliphatic carbocycles. The maximum Gasteiger partial charge on any atom is 0.273 e. The first kappa shape index (κ1) is 15.9. The summed E-state index contributed by atoms with van der Waals surface area (Å²) in [4.78, 5) is 0. The molecule has 1 atom stereocenters. The van der Waals surface area contributed by atoms with E-state index in [0.29, 0.717) is 18.1 Å². The fourth-order valence-corrected chi connectivity index (χ4v) is 3.87. The molecule has 1 unspecified atom stereocenters. The molecule has 0 saturated carbocycles. The number of fused-ring (bicyclic) bond motifs is 1. The molecular formula is C17H17N3O4S. The number of ether oxygens (including phenoxy) is 1. The second kappa shape index (κ2) is 6.38. The van der Waals surface area contributed by atoms with Crippen LogP contribution in [0.5, 0.6) is 5.75 Å². The van der Waals surface area contributed by atoms with Gasteiger partial charge in [-0.15, -0.1) is 0 Å². The normalized spacial score (nSPS) is 17.0. The molecule has 0 fully saturated rings. The van der Waals surface area contributed by atoms with Crippen LogP contribution in [0.2, 0.25) is 0 Å². The zero-order chi connectivity index (χ0) is 17.3. The van der Waals surface area contributed by atoms with Crippen molar-refractivity contribution < 1.29 is 17.6 Å². The van der Waals surface area contributed by atoms with Crippen LogP contribution in [-0.2, 0) is 16.4 Å². The number of aromatic amines is 1. The third-order valence-corrected chi connectivity index (χ3v) is 5.43. The van der Waals surface area contributed by atoms with E-state index in [9.17, 15) is 8.42 Å². The number of aromatic nitrogens is 2. The van der Waals surface area contributed by atoms with Crippen LogP contribution in [0.3, 0.4) is 0 Å². The molecule has 2 aromatic heterocycles. The fourth-order valence-electron chi connectivity index (χ4n) is 2.82. The van der Waals surface area contributed by atoms with Crippen LogP contribution >= 0.6 is 0 Å². The van der Waals surface area contributed by atoms with Gasteiger partial charge in [-0.05, 0) is 36.2 Å². The Hall–Kier alpha value is -2.58. The number of hydrogen-bond acceptors (Lipinski definition) is 5. The molecule has 4 rings (SSSR count). The Kier molecular flexibility index (Phi) is 4.06. The molecule has 25 heavy (non-hydrogen) atoms. The highest BCUT2D eigenvalue weighted by atomic mass is 32.2. The Morgan fingerprint density at radius 2 is 2.08 bits per heavy atom. The molecule has 0 amide bonds. The lowest BCUT2D eigenvalue weighted by molar-refractivity contribution is 0.223. The van der Waals surface area contributed by atoms with Crippen LogP contribution in [-0.4, -0.2) is 31.8 Å². The van der Waals surface area contributed by atoms with Gasteiger partial charge in [0, 0.05) is 18.7 Å². The lowest BCUT2D eigenvalue weighted by atomic mass is 9.97. The van der Waals surface area contributed by atoms with Gasteiger partial charge in [0.15, 0.2) is 5.76 Å². The van der Waals surface area contributed by atoms with Gasteiger partial charge in [-0.1, -0.05) is 18.2 Å². The van der Waals surface area contributed by atoms with Crippen molar-refractivity contribution in [2.24, 2.45) is 5.92 Å². The van der Waals surface area contributed by atoms with E-state index in [2.05, 4.69) is 14.9 Å². The second-order valence-corrected chi connectivity index (χ2v) is 7.63. The minimum Gasteiger partial charge on any atom is -0.493 e. The molecular weight excluding hydrogens is 342 g/mol. The summed E-state index contributed by atoms with van der Waals surface area (Å²) in [5, 5.41) is 6.44. The summed E-state index contributed by atoms with van der Waals surface area (Å²) in [5.74, 6) is 1.37. The molecule has 3 aromatic rings. The van der Waals surface area contributed by atoms with Crippen LogP contribution in [0.1, 0.15) is 5.56 Å². The summed E-state index contributed by atoms with van der Waals surface area (Å²) in [5.41, 5.74) is 1.72. The molecule has 2 N–H and O–H groups in total. The first-order valence-corrected chi connectivity index (χ1v) is 9.40. The first-order valence-electron chi connectivity index (χ1n) is 7.92. The Balaban J connectivity index is 1.42. The smallest absolute Gasteiger partial charge is 0.273 e. The number of para-hydroxylation sites is 1. The summed E-state index contributed by atoms with van der Waals surface area (Å²) >= 11 is 0. The highest BCUT2D eigenvalue weighted by Crippen LogP contribution is 2.27. The number of nitrogens with zero attached hydrogens (tertiary/aromatic N) is 1. The first-order chi connectivity index (χ1) is 12.1. The van der Waals surface area contributed by atoms with Gasteiger partial charge in [0.25, 0.3) is 10.0 Å². The van der Waals surface area contributed by atoms with Crippen molar-refractivity contribution in [1.82, 2.24) is 14.9 Å². The van der Waals surface area contributed by atoms with Crippen molar-refractivity contribution in [3.05, 3.63) is 54.2 Å². The third-order valence-electron chi connectivity index (χ3n) is 4.13. The monoisotopic (exact) mass is 359 g/mol. The van der Waals surface area contributed by atoms with E-state index in [1.54, 1.807) is 18.3 Å². The predicted octanol–water partition coefficient (Wildman–Crippen LogP) is 2.20. The largest absolute Gasteiger partial charge is 0.493 e. The van der Waals surface area contributed by atoms with Crippen LogP contribution in [0, 0.1) is 5.92 Å². The molecule has 0 saturated heterocycles. The number of furan rings is 1. The maximum absolute atomic E-state index is 12.4. The zero-order valence-corrected chi connectivity index (χ0v) is 14.1. The average molecular weight is 359 g/mol. The van der Waals surface area contributed by atoms with E-state index in [-0.39, 0.29) is 17.6 Å². The van der Waals surface area contributed by atoms with Crippen LogP contribution in [0.4, 0.5) is 0 Å². The molecule has 0 bridgehead atoms. The van der Waals surface area contributed by atoms with Crippen molar-refractivity contribution in [1.29, 1.82) is 0 Å². The van der Waals surface area contributed by atoms with E-state index < -0.39 is 10.0 Å². The number of hydrogen-bond donors (Lipinski definition) is 2. The van der Waals surface area contributed by atoms with Gasteiger partial charge in [0.1, 0.15) is 11.4 Å². The molecule has 130 valence electrons. The van der Waals surface area contributed by atoms with Crippen molar-refractivity contribution in [2.75, 3.05) is 13.2 Å². The summed E-state index contributed by atoms with van der Waals surface area (Å²) in [6.07, 6.45) is 2.35. The van der Waals surface area contributed by atoms with Gasteiger partial charge >= 0.3 is 0 Å². The average Bonchev–Trinajstić information content (AvgIpc) is 3.31. The fraction of sp³-hybridized carbons (Fsp3) is 0.235. The van der Waals surface area contributed by atoms with Crippen LogP contribution in [0.15, 0.2) is 58.2 Å². The highest BCUT2D eigenvalue weighted by Gasteiger charge is 2.24. The van der Waals surface area contributed by atoms with E-state index >= 15 is 0 Å². The van der Waals surface area contributed by atoms with Crippen molar-refractivity contribution >= 4 is 10.0 Å². The Labute approximate surface area is 145 Å². The SMILES string of the molecule is O=S(=O)(NCC1COc2ccccc2C1)c1ccc(-c2ccn[nH]2)o1. The van der Waals surface area contributed by atoms with Gasteiger partial charge in [-0.3, -0.25) is 5.10 Å². The number of H-pyrrole nitrogens is 1. The zero-order valence-electron chi connectivity index (χ0n) is 13.3. The van der Waals surface area contributed by atoms with Gasteiger partial charge in [0.2, 0.25) is 5.09 Å². The molecule has 0 radical (unpaired) electrons. The minimum atomic E-state index is -3.71.